The number of amides is 4. The van der Waals surface area contributed by atoms with E-state index >= 15 is 0 Å². The summed E-state index contributed by atoms with van der Waals surface area (Å²) in [5, 5.41) is 21.8. The monoisotopic (exact) mass is 947 g/mol. The van der Waals surface area contributed by atoms with Gasteiger partial charge in [-0.05, 0) is 45.1 Å². The largest absolute Gasteiger partial charge is 0.490 e. The van der Waals surface area contributed by atoms with Crippen molar-refractivity contribution >= 4 is 58.9 Å². The lowest BCUT2D eigenvalue weighted by molar-refractivity contribution is -0.128. The molecular weight excluding hydrogens is 895 g/mol. The number of hydrogen-bond donors (Lipinski definition) is 11. The van der Waals surface area contributed by atoms with E-state index in [1.165, 1.54) is 12.3 Å². The highest BCUT2D eigenvalue weighted by molar-refractivity contribution is 8.00. The predicted molar refractivity (Wildman–Crippen MR) is 214 cm³/mol. The van der Waals surface area contributed by atoms with Crippen molar-refractivity contribution in [1.82, 2.24) is 30.8 Å². The number of aromatic amines is 1. The van der Waals surface area contributed by atoms with E-state index in [9.17, 15) is 57.4 Å². The summed E-state index contributed by atoms with van der Waals surface area (Å²) in [5.74, 6) is -0.162. The Bertz CT molecular complexity index is 2020. The summed E-state index contributed by atoms with van der Waals surface area (Å²) < 4.78 is 52.6. The Morgan fingerprint density at radius 1 is 0.984 bits per heavy atom. The van der Waals surface area contributed by atoms with Gasteiger partial charge >= 0.3 is 35.2 Å². The molecule has 0 aliphatic carbocycles. The molecule has 0 bridgehead atoms. The van der Waals surface area contributed by atoms with Crippen molar-refractivity contribution in [3.05, 3.63) is 44.9 Å². The number of allylic oxidation sites excluding steroid dienone is 1. The van der Waals surface area contributed by atoms with Gasteiger partial charge in [0.2, 0.25) is 11.8 Å². The van der Waals surface area contributed by atoms with Crippen LogP contribution in [0.1, 0.15) is 82.4 Å². The summed E-state index contributed by atoms with van der Waals surface area (Å²) in [6.07, 6.45) is 3.75. The van der Waals surface area contributed by atoms with Gasteiger partial charge < -0.3 is 56.4 Å². The van der Waals surface area contributed by atoms with Crippen LogP contribution in [0.15, 0.2) is 28.1 Å². The van der Waals surface area contributed by atoms with Crippen molar-refractivity contribution in [2.75, 3.05) is 18.9 Å². The van der Waals surface area contributed by atoms with Crippen LogP contribution in [0.25, 0.3) is 0 Å². The number of Topliss-reactive ketones (excluding diaryl/α,β-unsaturated/α-hetero) is 1. The topological polar surface area (TPSA) is 387 Å². The minimum Gasteiger partial charge on any atom is -0.390 e. The number of hydrogen-bond acceptors (Lipinski definition) is 16. The Labute approximate surface area is 352 Å². The molecule has 4 amide bonds. The van der Waals surface area contributed by atoms with E-state index in [0.717, 1.165) is 42.2 Å². The zero-order chi connectivity index (χ0) is 45.0. The molecule has 3 saturated heterocycles. The Hall–Kier alpha value is -3.06. The van der Waals surface area contributed by atoms with E-state index in [1.807, 2.05) is 0 Å². The molecule has 3 aliphatic heterocycles. The fourth-order valence-corrected chi connectivity index (χ4v) is 11.3. The number of aromatic nitrogens is 2. The number of nitrogens with two attached hydrogens (primary N) is 1. The summed E-state index contributed by atoms with van der Waals surface area (Å²) in [7, 11) is -16.9. The average molecular weight is 948 g/mol. The highest BCUT2D eigenvalue weighted by atomic mass is 32.2. The van der Waals surface area contributed by atoms with Gasteiger partial charge in [-0.25, -0.2) is 23.3 Å². The second kappa shape index (κ2) is 23.0. The first-order valence-electron chi connectivity index (χ1n) is 19.3. The van der Waals surface area contributed by atoms with Crippen LogP contribution in [0.4, 0.5) is 4.79 Å². The number of fused-ring (bicyclic) bond motifs is 1. The number of nitrogens with zero attached hydrogens (tertiary/aromatic N) is 1. The highest BCUT2D eigenvalue weighted by Gasteiger charge is 2.44. The first kappa shape index (κ1) is 50.6. The number of phosphoric ester groups is 1. The van der Waals surface area contributed by atoms with Gasteiger partial charge in [0, 0.05) is 54.6 Å². The van der Waals surface area contributed by atoms with Gasteiger partial charge in [-0.3, -0.25) is 33.3 Å². The second-order valence-corrected chi connectivity index (χ2v) is 20.1. The summed E-state index contributed by atoms with van der Waals surface area (Å²) in [6.45, 7) is -0.492. The van der Waals surface area contributed by atoms with Crippen molar-refractivity contribution in [3.63, 3.8) is 0 Å². The van der Waals surface area contributed by atoms with Crippen molar-refractivity contribution in [1.29, 1.82) is 0 Å². The molecule has 3 aliphatic rings. The van der Waals surface area contributed by atoms with Crippen molar-refractivity contribution in [2.45, 2.75) is 119 Å². The lowest BCUT2D eigenvalue weighted by atomic mass is 10.00. The van der Waals surface area contributed by atoms with E-state index in [1.54, 1.807) is 11.8 Å². The Morgan fingerprint density at radius 2 is 1.72 bits per heavy atom. The molecule has 4 rings (SSSR count). The van der Waals surface area contributed by atoms with E-state index in [4.69, 9.17) is 20.3 Å². The van der Waals surface area contributed by atoms with E-state index in [2.05, 4.69) is 39.4 Å². The Balaban J connectivity index is 1.25. The number of thioether (sulfide) groups is 1. The van der Waals surface area contributed by atoms with Crippen LogP contribution in [-0.4, -0.2) is 112 Å². The molecule has 0 saturated carbocycles. The minimum absolute atomic E-state index is 0.0106. The SMILES string of the molecule is NCCCCCC(=O)C(CCC(=O)NC=CCc1cn([C@H]2C[C@H](O)[C@@H](COP(=O)(O)OP(=O)(O)OP(=O)(O)O)O2)c(=O)[nH]c1=O)NC(=O)CCCC[C@@H]1SC[C@@H]2NC(=O)N[C@@H]21. The van der Waals surface area contributed by atoms with Crippen LogP contribution < -0.4 is 38.2 Å². The average Bonchev–Trinajstić information content (AvgIpc) is 3.83. The van der Waals surface area contributed by atoms with Gasteiger partial charge in [0.05, 0.1) is 30.8 Å². The number of ether oxygens (including phenoxy) is 1. The van der Waals surface area contributed by atoms with Crippen LogP contribution in [0.5, 0.6) is 0 Å². The number of urea groups is 1. The molecule has 344 valence electrons. The molecule has 0 aromatic carbocycles. The van der Waals surface area contributed by atoms with Gasteiger partial charge in [-0.2, -0.15) is 20.4 Å². The number of phosphoric acid groups is 3. The zero-order valence-electron chi connectivity index (χ0n) is 32.7. The number of carbonyl (C=O) groups excluding carboxylic acids is 4. The second-order valence-electron chi connectivity index (χ2n) is 14.4. The standard InChI is InChI=1S/C32H52N7O18P3S/c33-13-5-1-2-8-22(40)20(35-27(43)10-4-3-9-25-29-21(18-61-25)36-31(45)37-29)11-12-26(42)34-14-6-7-19-16-39(32(46)38-30(19)44)28-15-23(41)24(55-28)17-54-59(50,51)57-60(52,53)56-58(47,48)49/h6,14,16,20-21,23-25,28-29,41H,1-5,7-13,15,17-18,33H2,(H,34,42)(H,35,43)(H,50,51)(H,52,53)(H2,36,37,45)(H,38,44,46)(H2,47,48,49)/t20?,21-,23-,24+,25-,28+,29-/m0/s1. The first-order valence-corrected chi connectivity index (χ1v) is 24.8. The molecule has 1 aromatic rings. The first-order chi connectivity index (χ1) is 28.6. The number of unbranched alkanes of at least 4 members (excludes halogenated alkanes) is 3. The molecule has 4 heterocycles. The van der Waals surface area contributed by atoms with E-state index in [-0.39, 0.29) is 79.1 Å². The molecule has 0 spiro atoms. The lowest BCUT2D eigenvalue weighted by Crippen LogP contribution is -2.41. The Kier molecular flexibility index (Phi) is 19.1. The zero-order valence-corrected chi connectivity index (χ0v) is 36.2. The third-order valence-electron chi connectivity index (χ3n) is 9.67. The summed E-state index contributed by atoms with van der Waals surface area (Å²) in [5.41, 5.74) is 3.83. The van der Waals surface area contributed by atoms with Gasteiger partial charge in [0.15, 0.2) is 5.78 Å². The fraction of sp³-hybridized carbons (Fsp3) is 0.688. The number of nitrogens with one attached hydrogen (secondary N) is 5. The van der Waals surface area contributed by atoms with Crippen molar-refractivity contribution in [3.8, 4) is 0 Å². The molecule has 9 atom stereocenters. The molecule has 12 N–H and O–H groups in total. The Morgan fingerprint density at radius 3 is 2.44 bits per heavy atom. The summed E-state index contributed by atoms with van der Waals surface area (Å²) in [6, 6.07) is -0.869. The maximum atomic E-state index is 13.1. The summed E-state index contributed by atoms with van der Waals surface area (Å²) >= 11 is 1.79. The van der Waals surface area contributed by atoms with Crippen LogP contribution in [0, 0.1) is 0 Å². The smallest absolute Gasteiger partial charge is 0.390 e. The van der Waals surface area contributed by atoms with Gasteiger partial charge in [-0.1, -0.05) is 18.9 Å². The third-order valence-corrected chi connectivity index (χ3v) is 15.0. The van der Waals surface area contributed by atoms with Crippen LogP contribution in [-0.2, 0) is 52.4 Å². The molecule has 3 unspecified atom stereocenters. The minimum atomic E-state index is -5.79. The van der Waals surface area contributed by atoms with E-state index in [0.29, 0.717) is 19.4 Å². The van der Waals surface area contributed by atoms with Gasteiger partial charge in [0.25, 0.3) is 5.56 Å². The van der Waals surface area contributed by atoms with Crippen molar-refractivity contribution in [2.24, 2.45) is 5.73 Å². The molecule has 3 fully saturated rings. The van der Waals surface area contributed by atoms with Crippen molar-refractivity contribution < 1.29 is 75.4 Å². The molecule has 0 radical (unpaired) electrons. The van der Waals surface area contributed by atoms with Gasteiger partial charge in [0.1, 0.15) is 12.3 Å². The highest BCUT2D eigenvalue weighted by Crippen LogP contribution is 2.66. The number of rotatable bonds is 26. The van der Waals surface area contributed by atoms with Crippen LogP contribution >= 0.6 is 35.2 Å². The molecule has 61 heavy (non-hydrogen) atoms. The maximum Gasteiger partial charge on any atom is 0.490 e. The fourth-order valence-electron chi connectivity index (χ4n) is 6.73. The quantitative estimate of drug-likeness (QED) is 0.0325. The normalized spacial score (nSPS) is 25.0. The number of ketones is 1. The lowest BCUT2D eigenvalue weighted by Gasteiger charge is -2.19. The molecule has 29 heteroatoms. The molecule has 1 aromatic heterocycles. The van der Waals surface area contributed by atoms with Crippen LogP contribution in [0.2, 0.25) is 0 Å². The number of H-pyrrole nitrogens is 1. The predicted octanol–water partition coefficient (Wildman–Crippen LogP) is -0.220. The van der Waals surface area contributed by atoms with E-state index < -0.39 is 71.7 Å². The summed E-state index contributed by atoms with van der Waals surface area (Å²) in [4.78, 5) is 114. The third kappa shape index (κ3) is 16.9. The number of aliphatic hydroxyl groups is 1. The number of carbonyl (C=O) groups is 4. The van der Waals surface area contributed by atoms with Crippen LogP contribution in [0.3, 0.4) is 0 Å². The number of aliphatic hydroxyl groups excluding tert-OH is 1. The van der Waals surface area contributed by atoms with Gasteiger partial charge in [-0.15, -0.1) is 0 Å². The molecular formula is C32H52N7O18P3S. The maximum absolute atomic E-state index is 13.1. The molecule has 25 nitrogen and oxygen atoms in total.